The SMILES string of the molecule is CCc1cccc(OC(F)(F)F)c1S(=O)(=O)OCP(=O)(O)O. The molecule has 0 atom stereocenters. The topological polar surface area (TPSA) is 110 Å². The fourth-order valence-electron chi connectivity index (χ4n) is 1.53. The van der Waals surface area contributed by atoms with Gasteiger partial charge in [0.1, 0.15) is 4.90 Å². The van der Waals surface area contributed by atoms with Crippen LogP contribution in [0.3, 0.4) is 0 Å². The van der Waals surface area contributed by atoms with E-state index >= 15 is 0 Å². The van der Waals surface area contributed by atoms with Crippen molar-refractivity contribution >= 4 is 17.7 Å². The van der Waals surface area contributed by atoms with Gasteiger partial charge in [0.25, 0.3) is 0 Å². The Kier molecular flexibility index (Phi) is 5.63. The van der Waals surface area contributed by atoms with Gasteiger partial charge in [-0.15, -0.1) is 13.2 Å². The number of ether oxygens (including phenoxy) is 1. The standard InChI is InChI=1S/C10H12F3O7PS/c1-2-7-4-3-5-8(20-10(11,12)13)9(7)22(17,18)19-6-21(14,15)16/h3-5H,2,6H2,1H3,(H2,14,15,16). The van der Waals surface area contributed by atoms with Gasteiger partial charge in [-0.2, -0.15) is 8.42 Å². The van der Waals surface area contributed by atoms with Gasteiger partial charge in [0, 0.05) is 0 Å². The number of rotatable bonds is 6. The lowest BCUT2D eigenvalue weighted by Gasteiger charge is -2.16. The van der Waals surface area contributed by atoms with Crippen LogP contribution in [0.5, 0.6) is 5.75 Å². The van der Waals surface area contributed by atoms with Crippen LogP contribution in [-0.4, -0.2) is 30.9 Å². The normalized spacial score (nSPS) is 13.2. The molecule has 0 aliphatic rings. The summed E-state index contributed by atoms with van der Waals surface area (Å²) in [5.41, 5.74) is -0.0486. The van der Waals surface area contributed by atoms with Gasteiger partial charge in [0.2, 0.25) is 0 Å². The molecule has 0 radical (unpaired) electrons. The summed E-state index contributed by atoms with van der Waals surface area (Å²) < 4.78 is 79.4. The van der Waals surface area contributed by atoms with Crippen molar-refractivity contribution in [2.75, 3.05) is 6.35 Å². The summed E-state index contributed by atoms with van der Waals surface area (Å²) in [4.78, 5) is 16.3. The van der Waals surface area contributed by atoms with Gasteiger partial charge in [-0.25, -0.2) is 0 Å². The first-order chi connectivity index (χ1) is 9.86. The lowest BCUT2D eigenvalue weighted by atomic mass is 10.1. The zero-order valence-electron chi connectivity index (χ0n) is 11.1. The summed E-state index contributed by atoms with van der Waals surface area (Å²) in [7, 11) is -9.68. The van der Waals surface area contributed by atoms with Crippen LogP contribution in [-0.2, 0) is 25.3 Å². The summed E-state index contributed by atoms with van der Waals surface area (Å²) in [6.07, 6.45) is -6.60. The van der Waals surface area contributed by atoms with E-state index in [4.69, 9.17) is 9.79 Å². The fraction of sp³-hybridized carbons (Fsp3) is 0.400. The van der Waals surface area contributed by atoms with E-state index in [1.807, 2.05) is 0 Å². The smallest absolute Gasteiger partial charge is 0.404 e. The van der Waals surface area contributed by atoms with E-state index < -0.39 is 41.1 Å². The minimum atomic E-state index is -5.14. The molecule has 0 aliphatic heterocycles. The number of hydrogen-bond donors (Lipinski definition) is 2. The van der Waals surface area contributed by atoms with E-state index in [2.05, 4.69) is 8.92 Å². The minimum absolute atomic E-state index is 0.0306. The van der Waals surface area contributed by atoms with Crippen LogP contribution in [0.1, 0.15) is 12.5 Å². The zero-order chi connectivity index (χ0) is 17.2. The number of benzene rings is 1. The van der Waals surface area contributed by atoms with Gasteiger partial charge < -0.3 is 14.5 Å². The van der Waals surface area contributed by atoms with Gasteiger partial charge in [0.05, 0.1) is 0 Å². The van der Waals surface area contributed by atoms with Crippen molar-refractivity contribution < 1.29 is 44.9 Å². The quantitative estimate of drug-likeness (QED) is 0.587. The van der Waals surface area contributed by atoms with Gasteiger partial charge in [-0.1, -0.05) is 19.1 Å². The molecule has 7 nitrogen and oxygen atoms in total. The maximum atomic E-state index is 12.3. The van der Waals surface area contributed by atoms with Crippen molar-refractivity contribution in [3.05, 3.63) is 23.8 Å². The maximum Gasteiger partial charge on any atom is 0.573 e. The van der Waals surface area contributed by atoms with Crippen LogP contribution in [0.15, 0.2) is 23.1 Å². The predicted octanol–water partition coefficient (Wildman–Crippen LogP) is 1.99. The van der Waals surface area contributed by atoms with E-state index in [9.17, 15) is 26.2 Å². The number of aryl methyl sites for hydroxylation is 1. The molecule has 0 saturated heterocycles. The molecule has 0 heterocycles. The van der Waals surface area contributed by atoms with Crippen LogP contribution in [0.2, 0.25) is 0 Å². The van der Waals surface area contributed by atoms with Gasteiger partial charge >= 0.3 is 24.1 Å². The molecule has 0 saturated carbocycles. The Labute approximate surface area is 124 Å². The molecule has 1 rings (SSSR count). The number of alkyl halides is 3. The van der Waals surface area contributed by atoms with Gasteiger partial charge in [-0.3, -0.25) is 8.75 Å². The lowest BCUT2D eigenvalue weighted by molar-refractivity contribution is -0.275. The average Bonchev–Trinajstić information content (AvgIpc) is 2.33. The summed E-state index contributed by atoms with van der Waals surface area (Å²) in [5.74, 6) is -1.03. The summed E-state index contributed by atoms with van der Waals surface area (Å²) in [6, 6.07) is 3.15. The molecule has 0 unspecified atom stereocenters. The van der Waals surface area contributed by atoms with Crippen LogP contribution >= 0.6 is 7.60 Å². The highest BCUT2D eigenvalue weighted by molar-refractivity contribution is 7.87. The molecule has 22 heavy (non-hydrogen) atoms. The van der Waals surface area contributed by atoms with E-state index in [1.54, 1.807) is 0 Å². The molecule has 0 aromatic heterocycles. The van der Waals surface area contributed by atoms with Crippen molar-refractivity contribution in [2.45, 2.75) is 24.6 Å². The van der Waals surface area contributed by atoms with Crippen LogP contribution in [0.4, 0.5) is 13.2 Å². The average molecular weight is 364 g/mol. The van der Waals surface area contributed by atoms with Crippen molar-refractivity contribution in [1.29, 1.82) is 0 Å². The number of halogens is 3. The van der Waals surface area contributed by atoms with E-state index in [-0.39, 0.29) is 12.0 Å². The summed E-state index contributed by atoms with van der Waals surface area (Å²) >= 11 is 0. The molecule has 1 aromatic rings. The Hall–Kier alpha value is -1.13. The summed E-state index contributed by atoms with van der Waals surface area (Å²) in [5, 5.41) is 0. The molecule has 0 aliphatic carbocycles. The molecule has 0 fully saturated rings. The first kappa shape index (κ1) is 18.9. The first-order valence-electron chi connectivity index (χ1n) is 5.67. The second-order valence-corrected chi connectivity index (χ2v) is 7.15. The molecule has 2 N–H and O–H groups in total. The Bertz CT molecular complexity index is 680. The first-order valence-corrected chi connectivity index (χ1v) is 8.88. The van der Waals surface area contributed by atoms with Crippen molar-refractivity contribution in [3.8, 4) is 5.75 Å². The largest absolute Gasteiger partial charge is 0.573 e. The minimum Gasteiger partial charge on any atom is -0.404 e. The Morgan fingerprint density at radius 3 is 2.32 bits per heavy atom. The molecular formula is C10H12F3O7PS. The highest BCUT2D eigenvalue weighted by Gasteiger charge is 2.36. The fourth-order valence-corrected chi connectivity index (χ4v) is 3.64. The van der Waals surface area contributed by atoms with E-state index in [1.165, 1.54) is 13.0 Å². The van der Waals surface area contributed by atoms with Crippen molar-refractivity contribution in [1.82, 2.24) is 0 Å². The highest BCUT2D eigenvalue weighted by Crippen LogP contribution is 2.38. The molecule has 0 spiro atoms. The third-order valence-electron chi connectivity index (χ3n) is 2.29. The molecule has 0 amide bonds. The van der Waals surface area contributed by atoms with Crippen LogP contribution in [0.25, 0.3) is 0 Å². The second-order valence-electron chi connectivity index (χ2n) is 4.01. The summed E-state index contributed by atoms with van der Waals surface area (Å²) in [6.45, 7) is 1.48. The number of hydrogen-bond acceptors (Lipinski definition) is 5. The zero-order valence-corrected chi connectivity index (χ0v) is 12.8. The molecule has 12 heteroatoms. The Morgan fingerprint density at radius 2 is 1.86 bits per heavy atom. The van der Waals surface area contributed by atoms with Crippen LogP contribution < -0.4 is 4.74 Å². The Balaban J connectivity index is 3.33. The van der Waals surface area contributed by atoms with E-state index in [0.29, 0.717) is 0 Å². The molecule has 0 bridgehead atoms. The predicted molar refractivity (Wildman–Crippen MR) is 67.7 cm³/mol. The molecular weight excluding hydrogens is 352 g/mol. The maximum absolute atomic E-state index is 12.3. The van der Waals surface area contributed by atoms with Crippen molar-refractivity contribution in [3.63, 3.8) is 0 Å². The molecule has 1 aromatic carbocycles. The Morgan fingerprint density at radius 1 is 1.27 bits per heavy atom. The van der Waals surface area contributed by atoms with Gasteiger partial charge in [0.15, 0.2) is 12.1 Å². The second kappa shape index (κ2) is 6.55. The highest BCUT2D eigenvalue weighted by atomic mass is 32.2. The van der Waals surface area contributed by atoms with E-state index in [0.717, 1.165) is 12.1 Å². The molecule has 126 valence electrons. The third kappa shape index (κ3) is 5.58. The van der Waals surface area contributed by atoms with Crippen LogP contribution in [0, 0.1) is 0 Å². The van der Waals surface area contributed by atoms with Gasteiger partial charge in [-0.05, 0) is 18.1 Å². The third-order valence-corrected chi connectivity index (χ3v) is 4.32. The van der Waals surface area contributed by atoms with Crippen molar-refractivity contribution in [2.24, 2.45) is 0 Å². The monoisotopic (exact) mass is 364 g/mol. The lowest BCUT2D eigenvalue weighted by Crippen LogP contribution is -2.20.